The molecule has 1 aromatic carbocycles. The summed E-state index contributed by atoms with van der Waals surface area (Å²) in [6.07, 6.45) is 0.848. The van der Waals surface area contributed by atoms with E-state index in [0.717, 1.165) is 52.1 Å². The normalized spacial score (nSPS) is 10.6. The largest absolute Gasteiger partial charge is 0.496 e. The Morgan fingerprint density at radius 3 is 2.52 bits per heavy atom. The summed E-state index contributed by atoms with van der Waals surface area (Å²) < 4.78 is 5.54. The van der Waals surface area contributed by atoms with Gasteiger partial charge in [0.05, 0.1) is 12.8 Å². The fourth-order valence-corrected chi connectivity index (χ4v) is 2.82. The van der Waals surface area contributed by atoms with E-state index >= 15 is 0 Å². The summed E-state index contributed by atoms with van der Waals surface area (Å²) in [5.41, 5.74) is 4.46. The minimum atomic E-state index is 0.531. The minimum Gasteiger partial charge on any atom is -0.496 e. The number of methoxy groups -OCH3 is 1. The second-order valence-electron chi connectivity index (χ2n) is 6.15. The molecule has 2 aromatic heterocycles. The summed E-state index contributed by atoms with van der Waals surface area (Å²) in [6, 6.07) is 9.72. The van der Waals surface area contributed by atoms with Gasteiger partial charge in [-0.3, -0.25) is 0 Å². The standard InChI is InChI=1S/C20H24N6O/c1-6-14-11-17(24-13(3)23-14)16-10-15(7-8-18(16)27-5)25-20-22-12(2)9-19(21-4)26-20/h7-11H,6H2,1-5H3,(H2,21,22,25,26). The lowest BCUT2D eigenvalue weighted by Crippen LogP contribution is -2.03. The van der Waals surface area contributed by atoms with Crippen molar-refractivity contribution in [1.29, 1.82) is 0 Å². The Balaban J connectivity index is 2.01. The molecular formula is C20H24N6O. The van der Waals surface area contributed by atoms with Crippen LogP contribution in [0.3, 0.4) is 0 Å². The van der Waals surface area contributed by atoms with Crippen LogP contribution in [0.5, 0.6) is 5.75 Å². The van der Waals surface area contributed by atoms with Gasteiger partial charge in [0.25, 0.3) is 0 Å². The fraction of sp³-hybridized carbons (Fsp3) is 0.300. The molecule has 2 heterocycles. The predicted molar refractivity (Wildman–Crippen MR) is 108 cm³/mol. The van der Waals surface area contributed by atoms with Crippen LogP contribution in [0.4, 0.5) is 17.5 Å². The maximum atomic E-state index is 5.54. The van der Waals surface area contributed by atoms with E-state index in [0.29, 0.717) is 5.95 Å². The summed E-state index contributed by atoms with van der Waals surface area (Å²) >= 11 is 0. The summed E-state index contributed by atoms with van der Waals surface area (Å²) in [4.78, 5) is 17.9. The molecule has 0 saturated heterocycles. The van der Waals surface area contributed by atoms with Crippen LogP contribution in [0.25, 0.3) is 11.3 Å². The Kier molecular flexibility index (Phi) is 5.49. The molecule has 0 fully saturated rings. The van der Waals surface area contributed by atoms with E-state index in [2.05, 4.69) is 37.5 Å². The van der Waals surface area contributed by atoms with Gasteiger partial charge in [0.2, 0.25) is 5.95 Å². The minimum absolute atomic E-state index is 0.531. The van der Waals surface area contributed by atoms with Crippen molar-refractivity contribution in [3.8, 4) is 17.0 Å². The van der Waals surface area contributed by atoms with E-state index in [1.165, 1.54) is 0 Å². The summed E-state index contributed by atoms with van der Waals surface area (Å²) in [7, 11) is 3.49. The maximum absolute atomic E-state index is 5.54. The first-order valence-electron chi connectivity index (χ1n) is 8.85. The summed E-state index contributed by atoms with van der Waals surface area (Å²) in [5.74, 6) is 2.79. The van der Waals surface area contributed by atoms with E-state index in [9.17, 15) is 0 Å². The Morgan fingerprint density at radius 2 is 1.81 bits per heavy atom. The molecule has 7 heteroatoms. The molecule has 0 amide bonds. The Labute approximate surface area is 159 Å². The lowest BCUT2D eigenvalue weighted by Gasteiger charge is -2.13. The zero-order valence-electron chi connectivity index (χ0n) is 16.3. The SMILES string of the molecule is CCc1cc(-c2cc(Nc3nc(C)cc(NC)n3)ccc2OC)nc(C)n1. The molecule has 2 N–H and O–H groups in total. The molecule has 3 rings (SSSR count). The average Bonchev–Trinajstić information content (AvgIpc) is 2.66. The third kappa shape index (κ3) is 4.31. The van der Waals surface area contributed by atoms with Gasteiger partial charge in [-0.05, 0) is 44.5 Å². The number of hydrogen-bond donors (Lipinski definition) is 2. The number of ether oxygens (including phenoxy) is 1. The number of hydrogen-bond acceptors (Lipinski definition) is 7. The van der Waals surface area contributed by atoms with Crippen LogP contribution in [0.1, 0.15) is 24.1 Å². The molecular weight excluding hydrogens is 340 g/mol. The van der Waals surface area contributed by atoms with E-state index in [4.69, 9.17) is 4.74 Å². The second kappa shape index (κ2) is 7.99. The van der Waals surface area contributed by atoms with Crippen LogP contribution in [0.15, 0.2) is 30.3 Å². The first-order chi connectivity index (χ1) is 13.0. The van der Waals surface area contributed by atoms with Crippen LogP contribution < -0.4 is 15.4 Å². The van der Waals surface area contributed by atoms with Gasteiger partial charge in [-0.25, -0.2) is 15.0 Å². The lowest BCUT2D eigenvalue weighted by atomic mass is 10.1. The topological polar surface area (TPSA) is 84.9 Å². The highest BCUT2D eigenvalue weighted by atomic mass is 16.5. The highest BCUT2D eigenvalue weighted by Gasteiger charge is 2.12. The highest BCUT2D eigenvalue weighted by Crippen LogP contribution is 2.32. The van der Waals surface area contributed by atoms with Crippen LogP contribution >= 0.6 is 0 Å². The van der Waals surface area contributed by atoms with E-state index in [1.807, 2.05) is 51.2 Å². The molecule has 0 spiro atoms. The molecule has 27 heavy (non-hydrogen) atoms. The Bertz CT molecular complexity index is 957. The third-order valence-electron chi connectivity index (χ3n) is 4.10. The van der Waals surface area contributed by atoms with E-state index < -0.39 is 0 Å². The molecule has 0 radical (unpaired) electrons. The van der Waals surface area contributed by atoms with Crippen molar-refractivity contribution in [3.05, 3.63) is 47.5 Å². The molecule has 0 aliphatic carbocycles. The second-order valence-corrected chi connectivity index (χ2v) is 6.15. The van der Waals surface area contributed by atoms with Crippen molar-refractivity contribution in [2.45, 2.75) is 27.2 Å². The first-order valence-corrected chi connectivity index (χ1v) is 8.85. The van der Waals surface area contributed by atoms with Gasteiger partial charge >= 0.3 is 0 Å². The van der Waals surface area contributed by atoms with Gasteiger partial charge in [-0.2, -0.15) is 4.98 Å². The van der Waals surface area contributed by atoms with Crippen molar-refractivity contribution in [2.75, 3.05) is 24.8 Å². The van der Waals surface area contributed by atoms with Gasteiger partial charge < -0.3 is 15.4 Å². The van der Waals surface area contributed by atoms with Gasteiger partial charge in [0, 0.05) is 35.8 Å². The average molecular weight is 364 g/mol. The van der Waals surface area contributed by atoms with E-state index in [1.54, 1.807) is 7.11 Å². The van der Waals surface area contributed by atoms with Gasteiger partial charge in [-0.1, -0.05) is 6.92 Å². The molecule has 3 aromatic rings. The molecule has 0 aliphatic rings. The lowest BCUT2D eigenvalue weighted by molar-refractivity contribution is 0.416. The van der Waals surface area contributed by atoms with Gasteiger partial charge in [-0.15, -0.1) is 0 Å². The number of nitrogens with one attached hydrogen (secondary N) is 2. The van der Waals surface area contributed by atoms with Crippen molar-refractivity contribution in [3.63, 3.8) is 0 Å². The third-order valence-corrected chi connectivity index (χ3v) is 4.10. The molecule has 0 atom stereocenters. The van der Waals surface area contributed by atoms with Crippen molar-refractivity contribution < 1.29 is 4.74 Å². The van der Waals surface area contributed by atoms with Crippen molar-refractivity contribution in [2.24, 2.45) is 0 Å². The Morgan fingerprint density at radius 1 is 1.00 bits per heavy atom. The van der Waals surface area contributed by atoms with Gasteiger partial charge in [0.1, 0.15) is 17.4 Å². The number of aromatic nitrogens is 4. The molecule has 0 aliphatic heterocycles. The molecule has 140 valence electrons. The monoisotopic (exact) mass is 364 g/mol. The van der Waals surface area contributed by atoms with Crippen LogP contribution in [-0.4, -0.2) is 34.1 Å². The fourth-order valence-electron chi connectivity index (χ4n) is 2.82. The van der Waals surface area contributed by atoms with Gasteiger partial charge in [0.15, 0.2) is 0 Å². The first kappa shape index (κ1) is 18.6. The number of benzene rings is 1. The number of anilines is 3. The van der Waals surface area contributed by atoms with E-state index in [-0.39, 0.29) is 0 Å². The number of aryl methyl sites for hydroxylation is 3. The zero-order chi connectivity index (χ0) is 19.4. The van der Waals surface area contributed by atoms with Crippen molar-refractivity contribution >= 4 is 17.5 Å². The molecule has 0 unspecified atom stereocenters. The number of nitrogens with zero attached hydrogens (tertiary/aromatic N) is 4. The van der Waals surface area contributed by atoms with Crippen LogP contribution in [-0.2, 0) is 6.42 Å². The highest BCUT2D eigenvalue weighted by molar-refractivity contribution is 5.73. The quantitative estimate of drug-likeness (QED) is 0.686. The van der Waals surface area contributed by atoms with Crippen molar-refractivity contribution in [1.82, 2.24) is 19.9 Å². The predicted octanol–water partition coefficient (Wildman–Crippen LogP) is 3.91. The number of rotatable bonds is 6. The maximum Gasteiger partial charge on any atom is 0.229 e. The zero-order valence-corrected chi connectivity index (χ0v) is 16.3. The molecule has 0 saturated carbocycles. The summed E-state index contributed by atoms with van der Waals surface area (Å²) in [5, 5.41) is 6.30. The summed E-state index contributed by atoms with van der Waals surface area (Å²) in [6.45, 7) is 5.91. The molecule has 7 nitrogen and oxygen atoms in total. The Hall–Kier alpha value is -3.22. The van der Waals surface area contributed by atoms with Crippen LogP contribution in [0.2, 0.25) is 0 Å². The smallest absolute Gasteiger partial charge is 0.229 e. The molecule has 0 bridgehead atoms. The van der Waals surface area contributed by atoms with Crippen LogP contribution in [0, 0.1) is 13.8 Å².